The Morgan fingerprint density at radius 2 is 2.21 bits per heavy atom. The summed E-state index contributed by atoms with van der Waals surface area (Å²) in [5.41, 5.74) is 0.601. The van der Waals surface area contributed by atoms with Gasteiger partial charge < -0.3 is 9.47 Å². The smallest absolute Gasteiger partial charge is 0.163 e. The minimum absolute atomic E-state index is 0.130. The Labute approximate surface area is 114 Å². The summed E-state index contributed by atoms with van der Waals surface area (Å²) < 4.78 is 11.2. The van der Waals surface area contributed by atoms with Crippen molar-refractivity contribution in [1.29, 1.82) is 0 Å². The lowest BCUT2D eigenvalue weighted by molar-refractivity contribution is -0.117. The molecule has 0 amide bonds. The fourth-order valence-electron chi connectivity index (χ4n) is 2.49. The maximum absolute atomic E-state index is 12.2. The first-order valence-electron chi connectivity index (χ1n) is 6.50. The van der Waals surface area contributed by atoms with E-state index in [0.717, 1.165) is 17.1 Å². The topological polar surface area (TPSA) is 35.5 Å². The summed E-state index contributed by atoms with van der Waals surface area (Å²) in [5.74, 6) is 1.48. The molecule has 0 saturated heterocycles. The molecule has 19 heavy (non-hydrogen) atoms. The summed E-state index contributed by atoms with van der Waals surface area (Å²) >= 11 is 0. The van der Waals surface area contributed by atoms with E-state index in [1.165, 1.54) is 0 Å². The zero-order chi connectivity index (χ0) is 14.0. The van der Waals surface area contributed by atoms with Crippen LogP contribution >= 0.6 is 0 Å². The van der Waals surface area contributed by atoms with E-state index in [-0.39, 0.29) is 17.3 Å². The van der Waals surface area contributed by atoms with E-state index in [0.29, 0.717) is 6.42 Å². The van der Waals surface area contributed by atoms with Crippen LogP contribution in [-0.2, 0) is 4.79 Å². The van der Waals surface area contributed by atoms with Gasteiger partial charge in [0, 0.05) is 18.1 Å². The van der Waals surface area contributed by atoms with Gasteiger partial charge in [-0.05, 0) is 32.9 Å². The van der Waals surface area contributed by atoms with Crippen molar-refractivity contribution in [3.05, 3.63) is 35.9 Å². The van der Waals surface area contributed by atoms with E-state index in [9.17, 15) is 4.79 Å². The molecule has 0 fully saturated rings. The molecule has 3 heteroatoms. The van der Waals surface area contributed by atoms with E-state index in [4.69, 9.17) is 9.47 Å². The van der Waals surface area contributed by atoms with E-state index < -0.39 is 0 Å². The Kier molecular flexibility index (Phi) is 3.65. The summed E-state index contributed by atoms with van der Waals surface area (Å²) in [6.45, 7) is 5.87. The van der Waals surface area contributed by atoms with Gasteiger partial charge in [-0.1, -0.05) is 12.1 Å². The Morgan fingerprint density at radius 1 is 1.47 bits per heavy atom. The first kappa shape index (κ1) is 13.7. The number of ketones is 1. The Balaban J connectivity index is 2.46. The van der Waals surface area contributed by atoms with Crippen LogP contribution in [0.3, 0.4) is 0 Å². The van der Waals surface area contributed by atoms with Crippen molar-refractivity contribution in [3.63, 3.8) is 0 Å². The van der Waals surface area contributed by atoms with Gasteiger partial charge in [0.25, 0.3) is 0 Å². The number of carbonyl (C=O) groups excluding carboxylic acids is 1. The quantitative estimate of drug-likeness (QED) is 0.780. The van der Waals surface area contributed by atoms with Crippen LogP contribution in [0.25, 0.3) is 0 Å². The fourth-order valence-corrected chi connectivity index (χ4v) is 2.49. The van der Waals surface area contributed by atoms with E-state index in [1.54, 1.807) is 19.3 Å². The molecule has 1 aliphatic heterocycles. The Morgan fingerprint density at radius 3 is 2.84 bits per heavy atom. The van der Waals surface area contributed by atoms with Crippen molar-refractivity contribution < 1.29 is 14.3 Å². The van der Waals surface area contributed by atoms with Crippen molar-refractivity contribution in [2.75, 3.05) is 7.11 Å². The molecule has 0 N–H and O–H groups in total. The third kappa shape index (κ3) is 2.80. The normalized spacial score (nSPS) is 20.7. The van der Waals surface area contributed by atoms with Gasteiger partial charge >= 0.3 is 0 Å². The van der Waals surface area contributed by atoms with Crippen LogP contribution in [0.5, 0.6) is 11.5 Å². The predicted molar refractivity (Wildman–Crippen MR) is 74.9 cm³/mol. The molecular formula is C16H20O3. The molecule has 1 aromatic carbocycles. The van der Waals surface area contributed by atoms with Crippen LogP contribution in [0.2, 0.25) is 0 Å². The molecular weight excluding hydrogens is 240 g/mol. The molecule has 0 radical (unpaired) electrons. The van der Waals surface area contributed by atoms with Crippen LogP contribution < -0.4 is 9.47 Å². The summed E-state index contributed by atoms with van der Waals surface area (Å²) in [7, 11) is 1.62. The summed E-state index contributed by atoms with van der Waals surface area (Å²) in [6.07, 6.45) is 4.11. The second-order valence-corrected chi connectivity index (χ2v) is 5.42. The Bertz CT molecular complexity index is 515. The highest BCUT2D eigenvalue weighted by Gasteiger charge is 2.36. The number of fused-ring (bicyclic) bond motifs is 1. The molecule has 2 rings (SSSR count). The summed E-state index contributed by atoms with van der Waals surface area (Å²) in [4.78, 5) is 12.2. The lowest BCUT2D eigenvalue weighted by Gasteiger charge is -2.36. The van der Waals surface area contributed by atoms with Crippen LogP contribution in [0.1, 0.15) is 38.7 Å². The second-order valence-electron chi connectivity index (χ2n) is 5.42. The van der Waals surface area contributed by atoms with E-state index in [1.807, 2.05) is 39.0 Å². The maximum Gasteiger partial charge on any atom is 0.163 e. The average Bonchev–Trinajstić information content (AvgIpc) is 2.36. The van der Waals surface area contributed by atoms with E-state index >= 15 is 0 Å². The van der Waals surface area contributed by atoms with Gasteiger partial charge in [0.1, 0.15) is 17.1 Å². The maximum atomic E-state index is 12.2. The number of carbonyl (C=O) groups is 1. The van der Waals surface area contributed by atoms with Gasteiger partial charge in [-0.25, -0.2) is 0 Å². The standard InChI is InChI=1S/C16H20O3/c1-5-6-14(17)13-10-16(2,3)19-15-9-11(18-4)7-8-12(13)15/h5-9,13H,10H2,1-4H3/b6-5+. The number of benzene rings is 1. The molecule has 0 spiro atoms. The monoisotopic (exact) mass is 260 g/mol. The number of hydrogen-bond acceptors (Lipinski definition) is 3. The molecule has 0 aromatic heterocycles. The molecule has 1 aromatic rings. The highest BCUT2D eigenvalue weighted by Crippen LogP contribution is 2.42. The highest BCUT2D eigenvalue weighted by atomic mass is 16.5. The lowest BCUT2D eigenvalue weighted by atomic mass is 9.81. The number of hydrogen-bond donors (Lipinski definition) is 0. The van der Waals surface area contributed by atoms with Crippen molar-refractivity contribution in [1.82, 2.24) is 0 Å². The summed E-state index contributed by atoms with van der Waals surface area (Å²) in [5, 5.41) is 0. The third-order valence-electron chi connectivity index (χ3n) is 3.35. The van der Waals surface area contributed by atoms with Gasteiger partial charge in [0.05, 0.1) is 13.0 Å². The van der Waals surface area contributed by atoms with Crippen molar-refractivity contribution in [2.45, 2.75) is 38.7 Å². The average molecular weight is 260 g/mol. The van der Waals surface area contributed by atoms with Crippen LogP contribution in [0, 0.1) is 0 Å². The van der Waals surface area contributed by atoms with Crippen LogP contribution in [0.4, 0.5) is 0 Å². The molecule has 102 valence electrons. The van der Waals surface area contributed by atoms with E-state index in [2.05, 4.69) is 0 Å². The SMILES string of the molecule is C/C=C/C(=O)C1CC(C)(C)Oc2cc(OC)ccc21. The third-order valence-corrected chi connectivity index (χ3v) is 3.35. The van der Waals surface area contributed by atoms with Crippen LogP contribution in [-0.4, -0.2) is 18.5 Å². The first-order chi connectivity index (χ1) is 8.96. The van der Waals surface area contributed by atoms with Gasteiger partial charge in [0.15, 0.2) is 5.78 Å². The predicted octanol–water partition coefficient (Wildman–Crippen LogP) is 3.49. The van der Waals surface area contributed by atoms with Crippen LogP contribution in [0.15, 0.2) is 30.4 Å². The molecule has 0 aliphatic carbocycles. The molecule has 0 bridgehead atoms. The fraction of sp³-hybridized carbons (Fsp3) is 0.438. The molecule has 3 nitrogen and oxygen atoms in total. The number of rotatable bonds is 3. The van der Waals surface area contributed by atoms with Gasteiger partial charge in [-0.15, -0.1) is 0 Å². The molecule has 1 atom stereocenters. The molecule has 1 heterocycles. The number of methoxy groups -OCH3 is 1. The first-order valence-corrected chi connectivity index (χ1v) is 6.50. The van der Waals surface area contributed by atoms with Gasteiger partial charge in [-0.2, -0.15) is 0 Å². The summed E-state index contributed by atoms with van der Waals surface area (Å²) in [6, 6.07) is 5.65. The minimum atomic E-state index is -0.346. The second kappa shape index (κ2) is 5.08. The number of allylic oxidation sites excluding steroid dienone is 2. The van der Waals surface area contributed by atoms with Crippen molar-refractivity contribution in [3.8, 4) is 11.5 Å². The van der Waals surface area contributed by atoms with Crippen molar-refractivity contribution in [2.24, 2.45) is 0 Å². The lowest BCUT2D eigenvalue weighted by Crippen LogP contribution is -2.36. The number of ether oxygens (including phenoxy) is 2. The molecule has 1 aliphatic rings. The Hall–Kier alpha value is -1.77. The minimum Gasteiger partial charge on any atom is -0.497 e. The zero-order valence-corrected chi connectivity index (χ0v) is 11.9. The van der Waals surface area contributed by atoms with Gasteiger partial charge in [0.2, 0.25) is 0 Å². The zero-order valence-electron chi connectivity index (χ0n) is 11.9. The van der Waals surface area contributed by atoms with Crippen molar-refractivity contribution >= 4 is 5.78 Å². The largest absolute Gasteiger partial charge is 0.497 e. The highest BCUT2D eigenvalue weighted by molar-refractivity contribution is 5.96. The molecule has 1 unspecified atom stereocenters. The van der Waals surface area contributed by atoms with Gasteiger partial charge in [-0.3, -0.25) is 4.79 Å². The molecule has 0 saturated carbocycles.